The summed E-state index contributed by atoms with van der Waals surface area (Å²) in [7, 11) is 5.67. The van der Waals surface area contributed by atoms with Crippen molar-refractivity contribution in [2.75, 3.05) is 21.2 Å². The van der Waals surface area contributed by atoms with Gasteiger partial charge in [-0.25, -0.2) is 0 Å². The third kappa shape index (κ3) is 2.25. The molecule has 0 saturated heterocycles. The first-order valence-corrected chi connectivity index (χ1v) is 8.35. The van der Waals surface area contributed by atoms with Crippen LogP contribution in [-0.4, -0.2) is 36.9 Å². The number of ketones is 1. The number of benzene rings is 2. The third-order valence-electron chi connectivity index (χ3n) is 5.06. The first-order valence-electron chi connectivity index (χ1n) is 8.35. The lowest BCUT2D eigenvalue weighted by Crippen LogP contribution is -2.19. The van der Waals surface area contributed by atoms with Gasteiger partial charge in [0, 0.05) is 28.1 Å². The van der Waals surface area contributed by atoms with Gasteiger partial charge in [0.1, 0.15) is 5.75 Å². The molecule has 0 bridgehead atoms. The van der Waals surface area contributed by atoms with E-state index in [1.165, 1.54) is 0 Å². The Labute approximate surface area is 147 Å². The Hall–Kier alpha value is -2.72. The van der Waals surface area contributed by atoms with Crippen LogP contribution in [0.2, 0.25) is 0 Å². The predicted octanol–water partition coefficient (Wildman–Crippen LogP) is 4.08. The first-order chi connectivity index (χ1) is 12.0. The minimum Gasteiger partial charge on any atom is -0.497 e. The Morgan fingerprint density at radius 1 is 1.04 bits per heavy atom. The summed E-state index contributed by atoms with van der Waals surface area (Å²) >= 11 is 0. The highest BCUT2D eigenvalue weighted by atomic mass is 16.5. The van der Waals surface area contributed by atoms with Gasteiger partial charge in [-0.3, -0.25) is 9.78 Å². The van der Waals surface area contributed by atoms with Crippen molar-refractivity contribution in [2.24, 2.45) is 0 Å². The second-order valence-corrected chi connectivity index (χ2v) is 6.64. The highest BCUT2D eigenvalue weighted by molar-refractivity contribution is 6.27. The van der Waals surface area contributed by atoms with Gasteiger partial charge in [0.2, 0.25) is 0 Å². The van der Waals surface area contributed by atoms with Gasteiger partial charge in [-0.05, 0) is 50.8 Å². The number of pyridine rings is 1. The van der Waals surface area contributed by atoms with Crippen LogP contribution in [-0.2, 0) is 0 Å². The number of carbonyl (C=O) groups is 1. The summed E-state index contributed by atoms with van der Waals surface area (Å²) in [5.74, 6) is 0.745. The molecule has 1 aromatic heterocycles. The molecule has 126 valence electrons. The lowest BCUT2D eigenvalue weighted by molar-refractivity contribution is 0.104. The fourth-order valence-electron chi connectivity index (χ4n) is 3.48. The van der Waals surface area contributed by atoms with Gasteiger partial charge >= 0.3 is 0 Å². The van der Waals surface area contributed by atoms with Gasteiger partial charge in [-0.1, -0.05) is 18.2 Å². The number of fused-ring (bicyclic) bond motifs is 5. The van der Waals surface area contributed by atoms with E-state index in [9.17, 15) is 4.79 Å². The van der Waals surface area contributed by atoms with Crippen molar-refractivity contribution in [3.05, 3.63) is 59.3 Å². The number of para-hydroxylation sites is 1. The molecular weight excluding hydrogens is 312 g/mol. The molecule has 0 radical (unpaired) electrons. The maximum Gasteiger partial charge on any atom is 0.195 e. The zero-order valence-electron chi connectivity index (χ0n) is 14.8. The van der Waals surface area contributed by atoms with E-state index in [4.69, 9.17) is 9.72 Å². The van der Waals surface area contributed by atoms with E-state index < -0.39 is 0 Å². The summed E-state index contributed by atoms with van der Waals surface area (Å²) in [5.41, 5.74) is 5.16. The number of hydrogen-bond acceptors (Lipinski definition) is 4. The Bertz CT molecular complexity index is 1010. The molecular formula is C21H20N2O2. The van der Waals surface area contributed by atoms with E-state index in [2.05, 4.69) is 11.8 Å². The number of methoxy groups -OCH3 is 1. The summed E-state index contributed by atoms with van der Waals surface area (Å²) < 4.78 is 5.31. The molecule has 0 N–H and O–H groups in total. The number of rotatable bonds is 3. The highest BCUT2D eigenvalue weighted by Crippen LogP contribution is 2.44. The Morgan fingerprint density at radius 3 is 2.52 bits per heavy atom. The van der Waals surface area contributed by atoms with Crippen molar-refractivity contribution in [2.45, 2.75) is 13.0 Å². The number of ether oxygens (including phenoxy) is 1. The van der Waals surface area contributed by atoms with Crippen LogP contribution in [0.4, 0.5) is 0 Å². The third-order valence-corrected chi connectivity index (χ3v) is 5.06. The molecule has 1 aliphatic rings. The van der Waals surface area contributed by atoms with Crippen molar-refractivity contribution in [3.8, 4) is 16.9 Å². The molecule has 1 atom stereocenters. The molecule has 1 aliphatic carbocycles. The van der Waals surface area contributed by atoms with Crippen LogP contribution in [0.25, 0.3) is 22.0 Å². The summed E-state index contributed by atoms with van der Waals surface area (Å²) in [6.45, 7) is 2.11. The molecule has 4 heteroatoms. The number of carbonyl (C=O) groups excluding carboxylic acids is 1. The van der Waals surface area contributed by atoms with Crippen molar-refractivity contribution in [1.82, 2.24) is 9.88 Å². The average Bonchev–Trinajstić information content (AvgIpc) is 2.93. The van der Waals surface area contributed by atoms with Gasteiger partial charge in [-0.15, -0.1) is 0 Å². The zero-order valence-corrected chi connectivity index (χ0v) is 14.8. The van der Waals surface area contributed by atoms with Crippen LogP contribution < -0.4 is 4.74 Å². The van der Waals surface area contributed by atoms with Crippen molar-refractivity contribution in [1.29, 1.82) is 0 Å². The summed E-state index contributed by atoms with van der Waals surface area (Å²) in [6, 6.07) is 13.7. The van der Waals surface area contributed by atoms with Crippen LogP contribution in [0, 0.1) is 0 Å². The molecule has 1 unspecified atom stereocenters. The largest absolute Gasteiger partial charge is 0.497 e. The molecule has 1 heterocycles. The minimum atomic E-state index is 0.0507. The molecule has 0 aliphatic heterocycles. The topological polar surface area (TPSA) is 42.4 Å². The van der Waals surface area contributed by atoms with Crippen molar-refractivity contribution < 1.29 is 9.53 Å². The van der Waals surface area contributed by atoms with Crippen LogP contribution in [0.3, 0.4) is 0 Å². The van der Waals surface area contributed by atoms with Crippen LogP contribution in [0.1, 0.15) is 34.6 Å². The number of nitrogens with zero attached hydrogens (tertiary/aromatic N) is 2. The van der Waals surface area contributed by atoms with E-state index in [-0.39, 0.29) is 11.8 Å². The zero-order chi connectivity index (χ0) is 17.7. The van der Waals surface area contributed by atoms with Gasteiger partial charge in [0.05, 0.1) is 18.3 Å². The van der Waals surface area contributed by atoms with E-state index in [1.807, 2.05) is 56.6 Å². The normalized spacial score (nSPS) is 13.9. The fourth-order valence-corrected chi connectivity index (χ4v) is 3.48. The van der Waals surface area contributed by atoms with Crippen LogP contribution in [0.5, 0.6) is 5.75 Å². The van der Waals surface area contributed by atoms with Crippen molar-refractivity contribution in [3.63, 3.8) is 0 Å². The number of hydrogen-bond donors (Lipinski definition) is 0. The molecule has 0 saturated carbocycles. The molecule has 3 aromatic rings. The molecule has 4 rings (SSSR count). The van der Waals surface area contributed by atoms with E-state index in [0.29, 0.717) is 11.3 Å². The quantitative estimate of drug-likeness (QED) is 0.567. The summed E-state index contributed by atoms with van der Waals surface area (Å²) in [6.07, 6.45) is 0. The summed E-state index contributed by atoms with van der Waals surface area (Å²) in [4.78, 5) is 20.3. The standard InChI is InChI=1S/C21H20N2O2/c1-12(23(2)3)20-18-14-10-9-13(25-4)11-16(14)21(24)19(18)15-7-5-6-8-17(15)22-20/h5-12H,1-4H3. The monoisotopic (exact) mass is 332 g/mol. The van der Waals surface area contributed by atoms with Crippen LogP contribution in [0.15, 0.2) is 42.5 Å². The van der Waals surface area contributed by atoms with E-state index >= 15 is 0 Å². The Balaban J connectivity index is 2.11. The number of aromatic nitrogens is 1. The molecule has 2 aromatic carbocycles. The second-order valence-electron chi connectivity index (χ2n) is 6.64. The average molecular weight is 332 g/mol. The van der Waals surface area contributed by atoms with Gasteiger partial charge < -0.3 is 9.64 Å². The molecule has 25 heavy (non-hydrogen) atoms. The van der Waals surface area contributed by atoms with Crippen LogP contribution >= 0.6 is 0 Å². The first kappa shape index (κ1) is 15.8. The molecule has 0 amide bonds. The predicted molar refractivity (Wildman–Crippen MR) is 99.3 cm³/mol. The van der Waals surface area contributed by atoms with Gasteiger partial charge in [0.15, 0.2) is 5.78 Å². The Kier molecular flexibility index (Phi) is 3.58. The van der Waals surface area contributed by atoms with E-state index in [1.54, 1.807) is 7.11 Å². The van der Waals surface area contributed by atoms with E-state index in [0.717, 1.165) is 33.3 Å². The van der Waals surface area contributed by atoms with Gasteiger partial charge in [-0.2, -0.15) is 0 Å². The highest BCUT2D eigenvalue weighted by Gasteiger charge is 2.33. The van der Waals surface area contributed by atoms with Gasteiger partial charge in [0.25, 0.3) is 0 Å². The Morgan fingerprint density at radius 2 is 1.80 bits per heavy atom. The lowest BCUT2D eigenvalue weighted by atomic mass is 9.96. The van der Waals surface area contributed by atoms with Crippen molar-refractivity contribution >= 4 is 16.7 Å². The molecule has 0 fully saturated rings. The molecule has 0 spiro atoms. The molecule has 4 nitrogen and oxygen atoms in total. The fraction of sp³-hybridized carbons (Fsp3) is 0.238. The lowest BCUT2D eigenvalue weighted by Gasteiger charge is -2.22. The maximum atomic E-state index is 13.2. The SMILES string of the molecule is COc1ccc2c(c1)C(=O)c1c-2c(C(C)N(C)C)nc2ccccc12. The maximum absolute atomic E-state index is 13.2. The minimum absolute atomic E-state index is 0.0507. The summed E-state index contributed by atoms with van der Waals surface area (Å²) in [5, 5.41) is 0.910. The second kappa shape index (κ2) is 5.67. The smallest absolute Gasteiger partial charge is 0.195 e.